The Bertz CT molecular complexity index is 672. The van der Waals surface area contributed by atoms with Crippen LogP contribution in [0.3, 0.4) is 0 Å². The molecular formula is C16H17N3O2. The fourth-order valence-corrected chi connectivity index (χ4v) is 2.50. The minimum absolute atomic E-state index is 0.116. The molecule has 0 unspecified atom stereocenters. The molecule has 5 nitrogen and oxygen atoms in total. The monoisotopic (exact) mass is 283 g/mol. The third kappa shape index (κ3) is 2.55. The molecule has 2 aliphatic carbocycles. The van der Waals surface area contributed by atoms with E-state index in [0.717, 1.165) is 49.2 Å². The van der Waals surface area contributed by atoms with Crippen LogP contribution < -0.4 is 5.32 Å². The molecule has 2 fully saturated rings. The van der Waals surface area contributed by atoms with E-state index >= 15 is 0 Å². The molecule has 1 aromatic carbocycles. The summed E-state index contributed by atoms with van der Waals surface area (Å²) in [5, 5.41) is 7.00. The van der Waals surface area contributed by atoms with Crippen LogP contribution >= 0.6 is 0 Å². The van der Waals surface area contributed by atoms with E-state index < -0.39 is 0 Å². The smallest absolute Gasteiger partial charge is 0.230 e. The van der Waals surface area contributed by atoms with Crippen LogP contribution in [0.1, 0.15) is 43.9 Å². The summed E-state index contributed by atoms with van der Waals surface area (Å²) in [5.74, 6) is 2.07. The summed E-state index contributed by atoms with van der Waals surface area (Å²) in [4.78, 5) is 16.4. The second-order valence-corrected chi connectivity index (χ2v) is 5.93. The van der Waals surface area contributed by atoms with Crippen molar-refractivity contribution in [2.45, 2.75) is 38.0 Å². The van der Waals surface area contributed by atoms with Gasteiger partial charge in [0.05, 0.1) is 0 Å². The fraction of sp³-hybridized carbons (Fsp3) is 0.438. The van der Waals surface area contributed by atoms with Crippen molar-refractivity contribution in [2.24, 2.45) is 5.92 Å². The molecule has 0 bridgehead atoms. The molecule has 4 rings (SSSR count). The van der Waals surface area contributed by atoms with E-state index in [-0.39, 0.29) is 11.8 Å². The quantitative estimate of drug-likeness (QED) is 0.934. The van der Waals surface area contributed by atoms with Crippen LogP contribution in [0.25, 0.3) is 11.4 Å². The number of hydrogen-bond acceptors (Lipinski definition) is 4. The molecule has 5 heteroatoms. The molecule has 2 aliphatic rings. The Hall–Kier alpha value is -2.17. The first-order valence-electron chi connectivity index (χ1n) is 7.54. The average molecular weight is 283 g/mol. The van der Waals surface area contributed by atoms with E-state index in [1.54, 1.807) is 0 Å². The number of carbonyl (C=O) groups is 1. The van der Waals surface area contributed by atoms with Crippen molar-refractivity contribution in [3.05, 3.63) is 30.2 Å². The highest BCUT2D eigenvalue weighted by molar-refractivity contribution is 5.93. The molecule has 0 radical (unpaired) electrons. The van der Waals surface area contributed by atoms with Gasteiger partial charge in [-0.25, -0.2) is 0 Å². The van der Waals surface area contributed by atoms with Gasteiger partial charge in [0.1, 0.15) is 0 Å². The van der Waals surface area contributed by atoms with Crippen LogP contribution in [-0.2, 0) is 4.79 Å². The van der Waals surface area contributed by atoms with Crippen LogP contribution in [-0.4, -0.2) is 16.0 Å². The zero-order valence-corrected chi connectivity index (χ0v) is 11.7. The zero-order chi connectivity index (χ0) is 14.2. The van der Waals surface area contributed by atoms with Crippen molar-refractivity contribution in [1.29, 1.82) is 0 Å². The highest BCUT2D eigenvalue weighted by Gasteiger charge is 2.30. The summed E-state index contributed by atoms with van der Waals surface area (Å²) < 4.78 is 5.28. The van der Waals surface area contributed by atoms with Gasteiger partial charge in [-0.15, -0.1) is 0 Å². The molecule has 0 saturated heterocycles. The highest BCUT2D eigenvalue weighted by Crippen LogP contribution is 2.39. The topological polar surface area (TPSA) is 68.0 Å². The van der Waals surface area contributed by atoms with Crippen molar-refractivity contribution in [2.75, 3.05) is 5.32 Å². The average Bonchev–Trinajstić information content (AvgIpc) is 3.15. The predicted octanol–water partition coefficient (Wildman–Crippen LogP) is 3.35. The molecule has 1 amide bonds. The Labute approximate surface area is 122 Å². The molecule has 0 spiro atoms. The summed E-state index contributed by atoms with van der Waals surface area (Å²) in [5.41, 5.74) is 1.67. The molecule has 1 heterocycles. The second-order valence-electron chi connectivity index (χ2n) is 5.93. The maximum absolute atomic E-state index is 12.0. The molecule has 108 valence electrons. The largest absolute Gasteiger partial charge is 0.339 e. The standard InChI is InChI=1S/C16H17N3O2/c20-15(10-3-1-4-10)17-13-6-2-5-12(9-13)14-18-16(21-19-14)11-7-8-11/h2,5-6,9-11H,1,3-4,7-8H2,(H,17,20). The van der Waals surface area contributed by atoms with Gasteiger partial charge in [0.25, 0.3) is 0 Å². The molecule has 0 atom stereocenters. The molecule has 0 aliphatic heterocycles. The lowest BCUT2D eigenvalue weighted by Crippen LogP contribution is -2.27. The summed E-state index contributed by atoms with van der Waals surface area (Å²) in [6.07, 6.45) is 5.44. The summed E-state index contributed by atoms with van der Waals surface area (Å²) in [7, 11) is 0. The Morgan fingerprint density at radius 3 is 2.81 bits per heavy atom. The second kappa shape index (κ2) is 4.98. The number of aromatic nitrogens is 2. The minimum atomic E-state index is 0.116. The Morgan fingerprint density at radius 1 is 1.24 bits per heavy atom. The van der Waals surface area contributed by atoms with Crippen LogP contribution in [0.15, 0.2) is 28.8 Å². The Kier molecular flexibility index (Phi) is 2.98. The van der Waals surface area contributed by atoms with Gasteiger partial charge in [-0.05, 0) is 37.8 Å². The molecule has 21 heavy (non-hydrogen) atoms. The summed E-state index contributed by atoms with van der Waals surface area (Å²) in [6, 6.07) is 7.62. The third-order valence-corrected chi connectivity index (χ3v) is 4.23. The van der Waals surface area contributed by atoms with Crippen LogP contribution in [0.2, 0.25) is 0 Å². The number of hydrogen-bond donors (Lipinski definition) is 1. The third-order valence-electron chi connectivity index (χ3n) is 4.23. The minimum Gasteiger partial charge on any atom is -0.339 e. The molecular weight excluding hydrogens is 266 g/mol. The van der Waals surface area contributed by atoms with Gasteiger partial charge < -0.3 is 9.84 Å². The molecule has 1 aromatic heterocycles. The number of carbonyl (C=O) groups excluding carboxylic acids is 1. The molecule has 2 aromatic rings. The van der Waals surface area contributed by atoms with Crippen molar-refractivity contribution >= 4 is 11.6 Å². The van der Waals surface area contributed by atoms with Gasteiger partial charge in [0, 0.05) is 23.1 Å². The summed E-state index contributed by atoms with van der Waals surface area (Å²) in [6.45, 7) is 0. The van der Waals surface area contributed by atoms with Crippen molar-refractivity contribution in [3.63, 3.8) is 0 Å². The first kappa shape index (κ1) is 12.6. The fourth-order valence-electron chi connectivity index (χ4n) is 2.50. The number of rotatable bonds is 4. The highest BCUT2D eigenvalue weighted by atomic mass is 16.5. The van der Waals surface area contributed by atoms with Gasteiger partial charge in [0.15, 0.2) is 0 Å². The van der Waals surface area contributed by atoms with Crippen molar-refractivity contribution in [1.82, 2.24) is 10.1 Å². The van der Waals surface area contributed by atoms with E-state index in [0.29, 0.717) is 11.7 Å². The number of nitrogens with zero attached hydrogens (tertiary/aromatic N) is 2. The first-order valence-corrected chi connectivity index (χ1v) is 7.54. The van der Waals surface area contributed by atoms with E-state index in [1.165, 1.54) is 0 Å². The number of nitrogens with one attached hydrogen (secondary N) is 1. The normalized spacial score (nSPS) is 18.3. The Morgan fingerprint density at radius 2 is 2.10 bits per heavy atom. The van der Waals surface area contributed by atoms with E-state index in [2.05, 4.69) is 15.5 Å². The maximum atomic E-state index is 12.0. The van der Waals surface area contributed by atoms with Gasteiger partial charge in [0.2, 0.25) is 17.6 Å². The van der Waals surface area contributed by atoms with Gasteiger partial charge in [-0.1, -0.05) is 23.7 Å². The lowest BCUT2D eigenvalue weighted by molar-refractivity contribution is -0.122. The lowest BCUT2D eigenvalue weighted by Gasteiger charge is -2.24. The SMILES string of the molecule is O=C(Nc1cccc(-c2noc(C3CC3)n2)c1)C1CCC1. The van der Waals surface area contributed by atoms with Gasteiger partial charge in [-0.3, -0.25) is 4.79 Å². The number of amides is 1. The van der Waals surface area contributed by atoms with E-state index in [9.17, 15) is 4.79 Å². The molecule has 1 N–H and O–H groups in total. The van der Waals surface area contributed by atoms with Crippen LogP contribution in [0, 0.1) is 5.92 Å². The van der Waals surface area contributed by atoms with E-state index in [1.807, 2.05) is 24.3 Å². The number of benzene rings is 1. The maximum Gasteiger partial charge on any atom is 0.230 e. The zero-order valence-electron chi connectivity index (χ0n) is 11.7. The van der Waals surface area contributed by atoms with Crippen molar-refractivity contribution in [3.8, 4) is 11.4 Å². The lowest BCUT2D eigenvalue weighted by atomic mass is 9.85. The predicted molar refractivity (Wildman–Crippen MR) is 77.7 cm³/mol. The molecule has 2 saturated carbocycles. The van der Waals surface area contributed by atoms with Crippen molar-refractivity contribution < 1.29 is 9.32 Å². The number of anilines is 1. The van der Waals surface area contributed by atoms with Gasteiger partial charge >= 0.3 is 0 Å². The Balaban J connectivity index is 1.52. The van der Waals surface area contributed by atoms with Crippen LogP contribution in [0.4, 0.5) is 5.69 Å². The summed E-state index contributed by atoms with van der Waals surface area (Å²) >= 11 is 0. The first-order chi connectivity index (χ1) is 10.3. The van der Waals surface area contributed by atoms with Gasteiger partial charge in [-0.2, -0.15) is 4.98 Å². The van der Waals surface area contributed by atoms with E-state index in [4.69, 9.17) is 4.52 Å². The van der Waals surface area contributed by atoms with Crippen LogP contribution in [0.5, 0.6) is 0 Å².